The Balaban J connectivity index is 3.18. The number of ether oxygens (including phenoxy) is 1. The maximum Gasteiger partial charge on any atom is 0.119 e. The van der Waals surface area contributed by atoms with Crippen molar-refractivity contribution in [3.8, 4) is 5.75 Å². The largest absolute Gasteiger partial charge is 0.497 e. The third kappa shape index (κ3) is 3.32. The number of nitrogens with zero attached hydrogens (tertiary/aromatic N) is 1. The van der Waals surface area contributed by atoms with Gasteiger partial charge in [0.05, 0.1) is 13.2 Å². The maximum absolute atomic E-state index is 5.87. The molecule has 0 aromatic heterocycles. The quantitative estimate of drug-likeness (QED) is 0.595. The van der Waals surface area contributed by atoms with Gasteiger partial charge in [0.1, 0.15) is 5.75 Å². The van der Waals surface area contributed by atoms with Crippen LogP contribution in [0.25, 0.3) is 0 Å². The van der Waals surface area contributed by atoms with E-state index in [0.29, 0.717) is 0 Å². The van der Waals surface area contributed by atoms with E-state index in [4.69, 9.17) is 10.6 Å². The minimum atomic E-state index is -0.0718. The number of aryl methyl sites for hydroxylation is 1. The maximum atomic E-state index is 5.87. The van der Waals surface area contributed by atoms with Gasteiger partial charge in [-0.2, -0.15) is 0 Å². The lowest BCUT2D eigenvalue weighted by atomic mass is 9.85. The van der Waals surface area contributed by atoms with Crippen LogP contribution in [0.3, 0.4) is 0 Å². The van der Waals surface area contributed by atoms with E-state index in [1.807, 2.05) is 6.07 Å². The summed E-state index contributed by atoms with van der Waals surface area (Å²) in [6.07, 6.45) is 0. The van der Waals surface area contributed by atoms with E-state index in [1.165, 1.54) is 11.1 Å². The van der Waals surface area contributed by atoms with E-state index in [2.05, 4.69) is 57.1 Å². The fourth-order valence-electron chi connectivity index (χ4n) is 2.99. The summed E-state index contributed by atoms with van der Waals surface area (Å²) in [5.74, 6) is 6.75. The monoisotopic (exact) mass is 279 g/mol. The number of nitrogens with two attached hydrogens (primary N) is 1. The summed E-state index contributed by atoms with van der Waals surface area (Å²) in [6.45, 7) is 12.9. The molecule has 1 unspecified atom stereocenters. The minimum Gasteiger partial charge on any atom is -0.497 e. The molecule has 3 N–H and O–H groups in total. The Labute approximate surface area is 123 Å². The SMILES string of the molecule is CCN(CC)C(C)(C)C(NN)c1ccc(OC)cc1C. The first-order chi connectivity index (χ1) is 9.42. The van der Waals surface area contributed by atoms with Crippen molar-refractivity contribution in [2.45, 2.75) is 46.2 Å². The normalized spacial score (nSPS) is 13.6. The van der Waals surface area contributed by atoms with Crippen LogP contribution in [0.5, 0.6) is 5.75 Å². The Morgan fingerprint density at radius 3 is 2.30 bits per heavy atom. The molecule has 0 heterocycles. The van der Waals surface area contributed by atoms with Crippen molar-refractivity contribution in [3.05, 3.63) is 29.3 Å². The number of benzene rings is 1. The molecule has 1 rings (SSSR count). The van der Waals surface area contributed by atoms with Crippen LogP contribution in [-0.4, -0.2) is 30.6 Å². The molecule has 4 heteroatoms. The highest BCUT2D eigenvalue weighted by Gasteiger charge is 2.35. The molecule has 0 bridgehead atoms. The standard InChI is InChI=1S/C16H29N3O/c1-7-19(8-2)16(4,5)15(18-17)14-10-9-13(20-6)11-12(14)3/h9-11,15,18H,7-8,17H2,1-6H3. The zero-order chi connectivity index (χ0) is 15.3. The van der Waals surface area contributed by atoms with Crippen LogP contribution in [0, 0.1) is 6.92 Å². The topological polar surface area (TPSA) is 50.5 Å². The smallest absolute Gasteiger partial charge is 0.119 e. The van der Waals surface area contributed by atoms with Crippen LogP contribution in [0.4, 0.5) is 0 Å². The molecule has 1 atom stereocenters. The number of likely N-dealkylation sites (N-methyl/N-ethyl adjacent to an activating group) is 1. The third-order valence-corrected chi connectivity index (χ3v) is 4.24. The second-order valence-electron chi connectivity index (χ2n) is 5.65. The molecule has 0 aliphatic rings. The molecule has 0 saturated carbocycles. The highest BCUT2D eigenvalue weighted by Crippen LogP contribution is 2.33. The van der Waals surface area contributed by atoms with E-state index < -0.39 is 0 Å². The Bertz CT molecular complexity index is 428. The molecule has 0 radical (unpaired) electrons. The predicted octanol–water partition coefficient (Wildman–Crippen LogP) is 2.63. The van der Waals surface area contributed by atoms with Crippen LogP contribution < -0.4 is 16.0 Å². The molecular weight excluding hydrogens is 250 g/mol. The molecule has 0 amide bonds. The molecular formula is C16H29N3O. The summed E-state index contributed by atoms with van der Waals surface area (Å²) in [5, 5.41) is 0. The Morgan fingerprint density at radius 2 is 1.90 bits per heavy atom. The van der Waals surface area contributed by atoms with E-state index in [1.54, 1.807) is 7.11 Å². The molecule has 0 fully saturated rings. The van der Waals surface area contributed by atoms with Gasteiger partial charge >= 0.3 is 0 Å². The summed E-state index contributed by atoms with van der Waals surface area (Å²) < 4.78 is 5.28. The highest BCUT2D eigenvalue weighted by molar-refractivity contribution is 5.38. The number of hydrogen-bond acceptors (Lipinski definition) is 4. The van der Waals surface area contributed by atoms with Gasteiger partial charge in [0.15, 0.2) is 0 Å². The molecule has 20 heavy (non-hydrogen) atoms. The van der Waals surface area contributed by atoms with Gasteiger partial charge in [-0.05, 0) is 57.1 Å². The molecule has 4 nitrogen and oxygen atoms in total. The lowest BCUT2D eigenvalue weighted by molar-refractivity contribution is 0.0910. The van der Waals surface area contributed by atoms with Crippen LogP contribution in [0.2, 0.25) is 0 Å². The van der Waals surface area contributed by atoms with Gasteiger partial charge in [-0.3, -0.25) is 16.2 Å². The van der Waals surface area contributed by atoms with Crippen molar-refractivity contribution in [2.75, 3.05) is 20.2 Å². The van der Waals surface area contributed by atoms with E-state index in [9.17, 15) is 0 Å². The second-order valence-corrected chi connectivity index (χ2v) is 5.65. The molecule has 114 valence electrons. The average Bonchev–Trinajstić information content (AvgIpc) is 2.42. The van der Waals surface area contributed by atoms with Crippen molar-refractivity contribution in [3.63, 3.8) is 0 Å². The van der Waals surface area contributed by atoms with Crippen LogP contribution in [0.15, 0.2) is 18.2 Å². The van der Waals surface area contributed by atoms with E-state index in [0.717, 1.165) is 18.8 Å². The predicted molar refractivity (Wildman–Crippen MR) is 84.8 cm³/mol. The zero-order valence-corrected chi connectivity index (χ0v) is 13.7. The number of hydrazine groups is 1. The summed E-state index contributed by atoms with van der Waals surface area (Å²) in [7, 11) is 1.69. The summed E-state index contributed by atoms with van der Waals surface area (Å²) >= 11 is 0. The van der Waals surface area contributed by atoms with Gasteiger partial charge in [-0.1, -0.05) is 19.9 Å². The zero-order valence-electron chi connectivity index (χ0n) is 13.7. The van der Waals surface area contributed by atoms with Gasteiger partial charge in [0.25, 0.3) is 0 Å². The van der Waals surface area contributed by atoms with Crippen LogP contribution in [0.1, 0.15) is 44.9 Å². The molecule has 0 saturated heterocycles. The number of hydrogen-bond donors (Lipinski definition) is 2. The lowest BCUT2D eigenvalue weighted by Gasteiger charge is -2.43. The van der Waals surface area contributed by atoms with Gasteiger partial charge in [-0.25, -0.2) is 0 Å². The average molecular weight is 279 g/mol. The van der Waals surface area contributed by atoms with Crippen molar-refractivity contribution >= 4 is 0 Å². The van der Waals surface area contributed by atoms with E-state index in [-0.39, 0.29) is 11.6 Å². The first kappa shape index (κ1) is 17.0. The second kappa shape index (κ2) is 7.07. The Kier molecular flexibility index (Phi) is 5.99. The molecule has 0 spiro atoms. The molecule has 0 aliphatic carbocycles. The minimum absolute atomic E-state index is 0.0632. The van der Waals surface area contributed by atoms with Gasteiger partial charge in [-0.15, -0.1) is 0 Å². The number of nitrogens with one attached hydrogen (secondary N) is 1. The summed E-state index contributed by atoms with van der Waals surface area (Å²) in [5.41, 5.74) is 5.33. The fraction of sp³-hybridized carbons (Fsp3) is 0.625. The first-order valence-electron chi connectivity index (χ1n) is 7.28. The lowest BCUT2D eigenvalue weighted by Crippen LogP contribution is -2.54. The number of methoxy groups -OCH3 is 1. The van der Waals surface area contributed by atoms with Gasteiger partial charge < -0.3 is 4.74 Å². The first-order valence-corrected chi connectivity index (χ1v) is 7.28. The third-order valence-electron chi connectivity index (χ3n) is 4.24. The van der Waals surface area contributed by atoms with Crippen molar-refractivity contribution in [1.82, 2.24) is 10.3 Å². The highest BCUT2D eigenvalue weighted by atomic mass is 16.5. The van der Waals surface area contributed by atoms with Crippen molar-refractivity contribution in [2.24, 2.45) is 5.84 Å². The number of rotatable bonds is 7. The molecule has 1 aromatic rings. The van der Waals surface area contributed by atoms with Gasteiger partial charge in [0, 0.05) is 5.54 Å². The van der Waals surface area contributed by atoms with E-state index >= 15 is 0 Å². The molecule has 1 aromatic carbocycles. The Morgan fingerprint density at radius 1 is 1.30 bits per heavy atom. The fourth-order valence-corrected chi connectivity index (χ4v) is 2.99. The summed E-state index contributed by atoms with van der Waals surface area (Å²) in [4.78, 5) is 2.42. The summed E-state index contributed by atoms with van der Waals surface area (Å²) in [6, 6.07) is 6.21. The van der Waals surface area contributed by atoms with Crippen molar-refractivity contribution in [1.29, 1.82) is 0 Å². The Hall–Kier alpha value is -1.10. The van der Waals surface area contributed by atoms with Gasteiger partial charge in [0.2, 0.25) is 0 Å². The van der Waals surface area contributed by atoms with Crippen LogP contribution in [-0.2, 0) is 0 Å². The van der Waals surface area contributed by atoms with Crippen LogP contribution >= 0.6 is 0 Å². The molecule has 0 aliphatic heterocycles. The van der Waals surface area contributed by atoms with Crippen molar-refractivity contribution < 1.29 is 4.74 Å².